The molecule has 1 N–H and O–H groups in total. The molecule has 0 bridgehead atoms. The van der Waals surface area contributed by atoms with Crippen LogP contribution in [0, 0.1) is 5.41 Å². The van der Waals surface area contributed by atoms with Crippen LogP contribution < -0.4 is 5.32 Å². The molecule has 3 nitrogen and oxygen atoms in total. The first-order chi connectivity index (χ1) is 8.59. The van der Waals surface area contributed by atoms with Crippen molar-refractivity contribution in [2.45, 2.75) is 46.6 Å². The van der Waals surface area contributed by atoms with Gasteiger partial charge in [-0.3, -0.25) is 4.90 Å². The van der Waals surface area contributed by atoms with E-state index in [0.29, 0.717) is 5.41 Å². The second-order valence-corrected chi connectivity index (χ2v) is 7.15. The van der Waals surface area contributed by atoms with E-state index in [1.165, 1.54) is 30.8 Å². The Morgan fingerprint density at radius 2 is 2.33 bits per heavy atom. The van der Waals surface area contributed by atoms with Crippen molar-refractivity contribution in [2.75, 3.05) is 25.0 Å². The van der Waals surface area contributed by atoms with Crippen molar-refractivity contribution < 1.29 is 0 Å². The van der Waals surface area contributed by atoms with Gasteiger partial charge in [0.2, 0.25) is 0 Å². The Kier molecular flexibility index (Phi) is 4.62. The fourth-order valence-electron chi connectivity index (χ4n) is 2.59. The summed E-state index contributed by atoms with van der Waals surface area (Å²) in [5.41, 5.74) is 0.478. The van der Waals surface area contributed by atoms with Gasteiger partial charge in [0.25, 0.3) is 0 Å². The van der Waals surface area contributed by atoms with Crippen molar-refractivity contribution in [3.63, 3.8) is 0 Å². The van der Waals surface area contributed by atoms with Gasteiger partial charge in [0.05, 0.1) is 0 Å². The molecule has 1 aliphatic rings. The van der Waals surface area contributed by atoms with Crippen LogP contribution in [0.3, 0.4) is 0 Å². The lowest BCUT2D eigenvalue weighted by atomic mass is 9.84. The van der Waals surface area contributed by atoms with Crippen LogP contribution in [-0.4, -0.2) is 29.5 Å². The van der Waals surface area contributed by atoms with Crippen LogP contribution in [-0.2, 0) is 6.54 Å². The molecule has 102 valence electrons. The highest BCUT2D eigenvalue weighted by Crippen LogP contribution is 2.30. The van der Waals surface area contributed by atoms with E-state index >= 15 is 0 Å². The third kappa shape index (κ3) is 3.95. The highest BCUT2D eigenvalue weighted by Gasteiger charge is 2.26. The van der Waals surface area contributed by atoms with Crippen molar-refractivity contribution in [1.29, 1.82) is 0 Å². The highest BCUT2D eigenvalue weighted by atomic mass is 32.1. The predicted octanol–water partition coefficient (Wildman–Crippen LogP) is 3.59. The minimum absolute atomic E-state index is 0.478. The summed E-state index contributed by atoms with van der Waals surface area (Å²) in [7, 11) is 0. The zero-order valence-electron chi connectivity index (χ0n) is 11.8. The first kappa shape index (κ1) is 13.8. The average Bonchev–Trinajstić information content (AvgIpc) is 2.73. The summed E-state index contributed by atoms with van der Waals surface area (Å²) in [6, 6.07) is 0. The molecule has 4 heteroatoms. The van der Waals surface area contributed by atoms with Gasteiger partial charge in [-0.1, -0.05) is 20.8 Å². The fraction of sp³-hybridized carbons (Fsp3) is 0.786. The van der Waals surface area contributed by atoms with Crippen LogP contribution in [0.4, 0.5) is 5.13 Å². The molecule has 2 rings (SSSR count). The molecule has 0 radical (unpaired) electrons. The third-order valence-electron chi connectivity index (χ3n) is 3.44. The first-order valence-corrected chi connectivity index (χ1v) is 7.82. The van der Waals surface area contributed by atoms with Gasteiger partial charge in [-0.05, 0) is 31.2 Å². The zero-order chi connectivity index (χ0) is 13.0. The number of aromatic nitrogens is 1. The molecule has 0 atom stereocenters. The van der Waals surface area contributed by atoms with Gasteiger partial charge < -0.3 is 5.32 Å². The Bertz CT molecular complexity index is 373. The molecule has 0 aliphatic carbocycles. The Labute approximate surface area is 115 Å². The summed E-state index contributed by atoms with van der Waals surface area (Å²) < 4.78 is 0. The normalized spacial score (nSPS) is 19.9. The highest BCUT2D eigenvalue weighted by molar-refractivity contribution is 7.15. The molecule has 1 fully saturated rings. The van der Waals surface area contributed by atoms with E-state index in [4.69, 9.17) is 0 Å². The molecule has 0 aromatic carbocycles. The van der Waals surface area contributed by atoms with Crippen LogP contribution in [0.2, 0.25) is 0 Å². The Morgan fingerprint density at radius 1 is 1.50 bits per heavy atom. The number of thiazole rings is 1. The standard InChI is InChI=1S/C14H25N3S/c1-4-7-15-13-16-9-12(18-13)10-17-8-5-6-14(2,3)11-17/h9H,4-8,10-11H2,1-3H3,(H,15,16). The molecule has 0 spiro atoms. The Hall–Kier alpha value is -0.610. The number of nitrogens with one attached hydrogen (secondary N) is 1. The van der Waals surface area contributed by atoms with E-state index in [1.807, 2.05) is 6.20 Å². The molecule has 2 heterocycles. The Morgan fingerprint density at radius 3 is 3.06 bits per heavy atom. The maximum atomic E-state index is 4.44. The summed E-state index contributed by atoms with van der Waals surface area (Å²) >= 11 is 1.80. The molecule has 1 saturated heterocycles. The van der Waals surface area contributed by atoms with Crippen molar-refractivity contribution in [3.8, 4) is 0 Å². The second-order valence-electron chi connectivity index (χ2n) is 6.04. The molecular formula is C14H25N3S. The minimum Gasteiger partial charge on any atom is -0.362 e. The summed E-state index contributed by atoms with van der Waals surface area (Å²) in [5.74, 6) is 0. The van der Waals surface area contributed by atoms with Gasteiger partial charge in [-0.25, -0.2) is 4.98 Å². The average molecular weight is 267 g/mol. The predicted molar refractivity (Wildman–Crippen MR) is 79.2 cm³/mol. The second kappa shape index (κ2) is 6.02. The first-order valence-electron chi connectivity index (χ1n) is 7.00. The van der Waals surface area contributed by atoms with E-state index in [0.717, 1.165) is 24.6 Å². The van der Waals surface area contributed by atoms with Gasteiger partial charge in [0, 0.05) is 30.7 Å². The van der Waals surface area contributed by atoms with Crippen LogP contribution in [0.5, 0.6) is 0 Å². The maximum Gasteiger partial charge on any atom is 0.182 e. The number of anilines is 1. The molecule has 1 aromatic rings. The lowest BCUT2D eigenvalue weighted by Gasteiger charge is -2.37. The zero-order valence-corrected chi connectivity index (χ0v) is 12.6. The lowest BCUT2D eigenvalue weighted by molar-refractivity contribution is 0.112. The van der Waals surface area contributed by atoms with Gasteiger partial charge in [-0.15, -0.1) is 11.3 Å². The summed E-state index contributed by atoms with van der Waals surface area (Å²) in [6.07, 6.45) is 5.86. The van der Waals surface area contributed by atoms with Crippen LogP contribution >= 0.6 is 11.3 Å². The molecule has 0 unspecified atom stereocenters. The third-order valence-corrected chi connectivity index (χ3v) is 4.38. The van der Waals surface area contributed by atoms with Gasteiger partial charge in [0.1, 0.15) is 0 Å². The number of nitrogens with zero attached hydrogens (tertiary/aromatic N) is 2. The van der Waals surface area contributed by atoms with Crippen molar-refractivity contribution in [1.82, 2.24) is 9.88 Å². The molecule has 1 aliphatic heterocycles. The van der Waals surface area contributed by atoms with Crippen LogP contribution in [0.25, 0.3) is 0 Å². The lowest BCUT2D eigenvalue weighted by Crippen LogP contribution is -2.39. The number of likely N-dealkylation sites (tertiary alicyclic amines) is 1. The monoisotopic (exact) mass is 267 g/mol. The molecular weight excluding hydrogens is 242 g/mol. The van der Waals surface area contributed by atoms with Crippen LogP contribution in [0.1, 0.15) is 44.9 Å². The van der Waals surface area contributed by atoms with Crippen molar-refractivity contribution in [3.05, 3.63) is 11.1 Å². The SMILES string of the molecule is CCCNc1ncc(CN2CCCC(C)(C)C2)s1. The van der Waals surface area contributed by atoms with Gasteiger partial charge in [0.15, 0.2) is 5.13 Å². The van der Waals surface area contributed by atoms with E-state index in [2.05, 4.69) is 36.0 Å². The Balaban J connectivity index is 1.87. The molecule has 1 aromatic heterocycles. The van der Waals surface area contributed by atoms with E-state index < -0.39 is 0 Å². The molecule has 0 saturated carbocycles. The summed E-state index contributed by atoms with van der Waals surface area (Å²) in [6.45, 7) is 11.5. The van der Waals surface area contributed by atoms with Crippen LogP contribution in [0.15, 0.2) is 6.20 Å². The van der Waals surface area contributed by atoms with Gasteiger partial charge >= 0.3 is 0 Å². The minimum atomic E-state index is 0.478. The quantitative estimate of drug-likeness (QED) is 0.883. The number of rotatable bonds is 5. The number of hydrogen-bond acceptors (Lipinski definition) is 4. The maximum absolute atomic E-state index is 4.44. The number of hydrogen-bond donors (Lipinski definition) is 1. The summed E-state index contributed by atoms with van der Waals surface area (Å²) in [4.78, 5) is 8.39. The number of piperidine rings is 1. The van der Waals surface area contributed by atoms with Crippen molar-refractivity contribution >= 4 is 16.5 Å². The summed E-state index contributed by atoms with van der Waals surface area (Å²) in [5, 5.41) is 4.43. The fourth-order valence-corrected chi connectivity index (χ4v) is 3.47. The van der Waals surface area contributed by atoms with Crippen molar-refractivity contribution in [2.24, 2.45) is 5.41 Å². The molecule has 18 heavy (non-hydrogen) atoms. The largest absolute Gasteiger partial charge is 0.362 e. The smallest absolute Gasteiger partial charge is 0.182 e. The van der Waals surface area contributed by atoms with E-state index in [9.17, 15) is 0 Å². The molecule has 0 amide bonds. The van der Waals surface area contributed by atoms with Gasteiger partial charge in [-0.2, -0.15) is 0 Å². The van der Waals surface area contributed by atoms with E-state index in [-0.39, 0.29) is 0 Å². The van der Waals surface area contributed by atoms with E-state index in [1.54, 1.807) is 11.3 Å². The topological polar surface area (TPSA) is 28.2 Å².